The van der Waals surface area contributed by atoms with Gasteiger partial charge in [-0.25, -0.2) is 0 Å². The van der Waals surface area contributed by atoms with E-state index in [-0.39, 0.29) is 0 Å². The van der Waals surface area contributed by atoms with Crippen molar-refractivity contribution < 1.29 is 0 Å². The summed E-state index contributed by atoms with van der Waals surface area (Å²) in [5, 5.41) is 2.83. The Morgan fingerprint density at radius 3 is 1.36 bits per heavy atom. The Bertz CT molecular complexity index is 65.3. The smallest absolute Gasteiger partial charge is 0.00299 e. The van der Waals surface area contributed by atoms with Gasteiger partial charge in [0.2, 0.25) is 0 Å². The van der Waals surface area contributed by atoms with Crippen LogP contribution in [0.25, 0.3) is 0 Å². The summed E-state index contributed by atoms with van der Waals surface area (Å²) in [5.41, 5.74) is 1.00. The van der Waals surface area contributed by atoms with Gasteiger partial charge < -0.3 is 5.32 Å². The van der Waals surface area contributed by atoms with E-state index in [0.717, 1.165) is 5.70 Å². The monoisotopic (exact) mass is 157 g/mol. The van der Waals surface area contributed by atoms with Gasteiger partial charge in [0.15, 0.2) is 0 Å². The third-order valence-corrected chi connectivity index (χ3v) is 0.927. The third-order valence-electron chi connectivity index (χ3n) is 0.927. The number of rotatable bonds is 2. The maximum absolute atomic E-state index is 3.56. The van der Waals surface area contributed by atoms with Crippen molar-refractivity contribution in [1.82, 2.24) is 5.32 Å². The first-order chi connectivity index (χ1) is 5.18. The lowest BCUT2D eigenvalue weighted by Crippen LogP contribution is -1.98. The Morgan fingerprint density at radius 2 is 1.36 bits per heavy atom. The van der Waals surface area contributed by atoms with Crippen LogP contribution in [0, 0.1) is 0 Å². The Balaban J connectivity index is -0.0000000965. The Labute approximate surface area is 72.2 Å². The van der Waals surface area contributed by atoms with Crippen molar-refractivity contribution in [2.24, 2.45) is 0 Å². The molecule has 0 fully saturated rings. The Kier molecular flexibility index (Phi) is 34.7. The highest BCUT2D eigenvalue weighted by Crippen LogP contribution is 1.76. The molecule has 0 radical (unpaired) electrons. The van der Waals surface area contributed by atoms with Gasteiger partial charge in [-0.05, 0) is 12.6 Å². The molecule has 1 N–H and O–H groups in total. The largest absolute Gasteiger partial charge is 0.392 e. The third kappa shape index (κ3) is 94.6. The molecule has 0 aliphatic carbocycles. The summed E-state index contributed by atoms with van der Waals surface area (Å²) in [5.74, 6) is 0. The van der Waals surface area contributed by atoms with Crippen LogP contribution in [0.2, 0.25) is 0 Å². The summed E-state index contributed by atoms with van der Waals surface area (Å²) < 4.78 is 0. The summed E-state index contributed by atoms with van der Waals surface area (Å²) in [6.45, 7) is 15.8. The van der Waals surface area contributed by atoms with E-state index < -0.39 is 0 Å². The molecule has 0 aliphatic heterocycles. The number of hydrogen-bond donors (Lipinski definition) is 1. The predicted octanol–water partition coefficient (Wildman–Crippen LogP) is 3.35. The number of unbranched alkanes of at least 4 members (excludes halogenated alkanes) is 1. The van der Waals surface area contributed by atoms with Gasteiger partial charge in [-0.15, -0.1) is 13.2 Å². The van der Waals surface area contributed by atoms with Crippen molar-refractivity contribution in [3.05, 3.63) is 25.4 Å². The second-order valence-electron chi connectivity index (χ2n) is 2.03. The standard InChI is InChI=1S/C4H9N.C4H10.C2H4/c1-4(2)5-3;1-3-4-2;1-2/h5H,1H2,2-3H3;3-4H2,1-2H3;1-2H2. The molecule has 0 aromatic carbocycles. The van der Waals surface area contributed by atoms with E-state index in [0.29, 0.717) is 0 Å². The van der Waals surface area contributed by atoms with Gasteiger partial charge in [0.05, 0.1) is 0 Å². The first kappa shape index (κ1) is 16.7. The zero-order valence-corrected chi connectivity index (χ0v) is 8.54. The first-order valence-electron chi connectivity index (χ1n) is 4.02. The fourth-order valence-electron chi connectivity index (χ4n) is 0. The average molecular weight is 157 g/mol. The molecule has 68 valence electrons. The molecule has 11 heavy (non-hydrogen) atoms. The molecule has 0 amide bonds. The highest BCUT2D eigenvalue weighted by molar-refractivity contribution is 4.80. The molecule has 0 heterocycles. The lowest BCUT2D eigenvalue weighted by Gasteiger charge is -1.87. The van der Waals surface area contributed by atoms with Crippen LogP contribution < -0.4 is 5.32 Å². The molecule has 0 aromatic rings. The highest BCUT2D eigenvalue weighted by Gasteiger charge is 1.62. The average Bonchev–Trinajstić information content (AvgIpc) is 2.08. The van der Waals surface area contributed by atoms with Crippen LogP contribution in [0.4, 0.5) is 0 Å². The zero-order chi connectivity index (χ0) is 9.70. The molecule has 0 atom stereocenters. The molecular weight excluding hydrogens is 134 g/mol. The maximum Gasteiger partial charge on any atom is 0.00299 e. The van der Waals surface area contributed by atoms with Gasteiger partial charge in [0.25, 0.3) is 0 Å². The van der Waals surface area contributed by atoms with Crippen molar-refractivity contribution in [2.45, 2.75) is 33.6 Å². The summed E-state index contributed by atoms with van der Waals surface area (Å²) in [6.07, 6.45) is 2.64. The number of allylic oxidation sites excluding steroid dienone is 1. The lowest BCUT2D eigenvalue weighted by molar-refractivity contribution is 0.886. The van der Waals surface area contributed by atoms with E-state index in [1.807, 2.05) is 14.0 Å². The quantitative estimate of drug-likeness (QED) is 0.606. The Hall–Kier alpha value is -0.720. The normalized spacial score (nSPS) is 6.18. The van der Waals surface area contributed by atoms with Crippen molar-refractivity contribution in [2.75, 3.05) is 7.05 Å². The van der Waals surface area contributed by atoms with Crippen LogP contribution in [0.1, 0.15) is 33.6 Å². The van der Waals surface area contributed by atoms with Crippen molar-refractivity contribution >= 4 is 0 Å². The van der Waals surface area contributed by atoms with Crippen molar-refractivity contribution in [3.8, 4) is 0 Å². The van der Waals surface area contributed by atoms with E-state index in [9.17, 15) is 0 Å². The minimum absolute atomic E-state index is 1.00. The van der Waals surface area contributed by atoms with Crippen LogP contribution in [0.15, 0.2) is 25.4 Å². The predicted molar refractivity (Wildman–Crippen MR) is 55.7 cm³/mol. The summed E-state index contributed by atoms with van der Waals surface area (Å²) in [4.78, 5) is 0. The molecule has 0 bridgehead atoms. The van der Waals surface area contributed by atoms with Gasteiger partial charge in [-0.1, -0.05) is 33.3 Å². The fourth-order valence-corrected chi connectivity index (χ4v) is 0. The van der Waals surface area contributed by atoms with Gasteiger partial charge in [0.1, 0.15) is 0 Å². The first-order valence-corrected chi connectivity index (χ1v) is 4.02. The Morgan fingerprint density at radius 1 is 1.18 bits per heavy atom. The second-order valence-corrected chi connectivity index (χ2v) is 2.03. The molecule has 0 rings (SSSR count). The molecule has 0 saturated carbocycles. The van der Waals surface area contributed by atoms with E-state index >= 15 is 0 Å². The van der Waals surface area contributed by atoms with Crippen LogP contribution in [-0.2, 0) is 0 Å². The molecule has 0 saturated heterocycles. The summed E-state index contributed by atoms with van der Waals surface area (Å²) in [6, 6.07) is 0. The number of nitrogens with one attached hydrogen (secondary N) is 1. The summed E-state index contributed by atoms with van der Waals surface area (Å²) >= 11 is 0. The molecule has 0 aliphatic rings. The molecule has 1 nitrogen and oxygen atoms in total. The fraction of sp³-hybridized carbons (Fsp3) is 0.600. The molecule has 1 heteroatoms. The van der Waals surface area contributed by atoms with Crippen molar-refractivity contribution in [3.63, 3.8) is 0 Å². The van der Waals surface area contributed by atoms with Crippen LogP contribution in [0.5, 0.6) is 0 Å². The van der Waals surface area contributed by atoms with Gasteiger partial charge >= 0.3 is 0 Å². The van der Waals surface area contributed by atoms with Crippen molar-refractivity contribution in [1.29, 1.82) is 0 Å². The second kappa shape index (κ2) is 22.8. The molecule has 0 spiro atoms. The van der Waals surface area contributed by atoms with Crippen LogP contribution in [-0.4, -0.2) is 7.05 Å². The van der Waals surface area contributed by atoms with Gasteiger partial charge in [-0.2, -0.15) is 0 Å². The lowest BCUT2D eigenvalue weighted by atomic mass is 10.4. The number of hydrogen-bond acceptors (Lipinski definition) is 1. The van der Waals surface area contributed by atoms with Crippen LogP contribution >= 0.6 is 0 Å². The SMILES string of the molecule is C=C.C=C(C)NC.CCCC. The van der Waals surface area contributed by atoms with E-state index in [4.69, 9.17) is 0 Å². The van der Waals surface area contributed by atoms with Gasteiger partial charge in [0, 0.05) is 7.05 Å². The molecule has 0 aromatic heterocycles. The maximum atomic E-state index is 3.56. The minimum atomic E-state index is 1.00. The van der Waals surface area contributed by atoms with E-state index in [2.05, 4.69) is 38.9 Å². The van der Waals surface area contributed by atoms with E-state index in [1.54, 1.807) is 0 Å². The zero-order valence-electron chi connectivity index (χ0n) is 8.54. The molecule has 0 unspecified atom stereocenters. The van der Waals surface area contributed by atoms with E-state index in [1.165, 1.54) is 12.8 Å². The highest BCUT2D eigenvalue weighted by atomic mass is 14.8. The van der Waals surface area contributed by atoms with Crippen LogP contribution in [0.3, 0.4) is 0 Å². The molecular formula is C10H23N. The topological polar surface area (TPSA) is 12.0 Å². The van der Waals surface area contributed by atoms with Gasteiger partial charge in [-0.3, -0.25) is 0 Å². The minimum Gasteiger partial charge on any atom is -0.392 e. The summed E-state index contributed by atoms with van der Waals surface area (Å²) in [7, 11) is 1.85.